The lowest BCUT2D eigenvalue weighted by molar-refractivity contribution is -0.142. The Hall–Kier alpha value is -1.89. The fourth-order valence-electron chi connectivity index (χ4n) is 1.63. The van der Waals surface area contributed by atoms with Gasteiger partial charge in [0.25, 0.3) is 0 Å². The number of carbonyl (C=O) groups is 2. The van der Waals surface area contributed by atoms with Crippen molar-refractivity contribution >= 4 is 11.9 Å². The Morgan fingerprint density at radius 2 is 2.30 bits per heavy atom. The number of hydrogen-bond acceptors (Lipinski definition) is 5. The Bertz CT molecular complexity index is 444. The molecule has 1 rings (SSSR count). The number of hydrogen-bond donors (Lipinski definition) is 2. The van der Waals surface area contributed by atoms with Crippen molar-refractivity contribution in [2.75, 3.05) is 6.61 Å². The minimum atomic E-state index is -1.03. The standard InChI is InChI=1S/C13H20N2O5/c1-3-4-5-11(13(17)18)14-12(16)8-19-7-10-6-9(2)15-20-10/h6,11H,3-5,7-8H2,1-2H3,(H,14,16)(H,17,18). The second-order valence-corrected chi connectivity index (χ2v) is 4.53. The van der Waals surface area contributed by atoms with Crippen LogP contribution in [-0.2, 0) is 20.9 Å². The van der Waals surface area contributed by atoms with E-state index in [4.69, 9.17) is 14.4 Å². The number of nitrogens with one attached hydrogen (secondary N) is 1. The van der Waals surface area contributed by atoms with E-state index in [0.29, 0.717) is 12.2 Å². The summed E-state index contributed by atoms with van der Waals surface area (Å²) in [6.07, 6.45) is 2.04. The number of nitrogens with zero attached hydrogens (tertiary/aromatic N) is 1. The largest absolute Gasteiger partial charge is 0.480 e. The van der Waals surface area contributed by atoms with E-state index in [1.165, 1.54) is 0 Å². The van der Waals surface area contributed by atoms with E-state index in [1.807, 2.05) is 6.92 Å². The van der Waals surface area contributed by atoms with E-state index in [0.717, 1.165) is 18.5 Å². The van der Waals surface area contributed by atoms with E-state index >= 15 is 0 Å². The lowest BCUT2D eigenvalue weighted by Gasteiger charge is -2.13. The van der Waals surface area contributed by atoms with Crippen LogP contribution in [0.4, 0.5) is 0 Å². The third-order valence-corrected chi connectivity index (χ3v) is 2.63. The number of aromatic nitrogens is 1. The highest BCUT2D eigenvalue weighted by Gasteiger charge is 2.19. The van der Waals surface area contributed by atoms with E-state index < -0.39 is 17.9 Å². The highest BCUT2D eigenvalue weighted by Crippen LogP contribution is 2.04. The lowest BCUT2D eigenvalue weighted by Crippen LogP contribution is -2.42. The molecular weight excluding hydrogens is 264 g/mol. The summed E-state index contributed by atoms with van der Waals surface area (Å²) in [6.45, 7) is 3.66. The number of aliphatic carboxylic acids is 1. The van der Waals surface area contributed by atoms with Gasteiger partial charge in [0.15, 0.2) is 5.76 Å². The number of aryl methyl sites for hydroxylation is 1. The molecule has 1 heterocycles. The third kappa shape index (κ3) is 5.83. The molecule has 7 nitrogen and oxygen atoms in total. The van der Waals surface area contributed by atoms with Gasteiger partial charge in [-0.05, 0) is 13.3 Å². The van der Waals surface area contributed by atoms with E-state index in [-0.39, 0.29) is 13.2 Å². The average Bonchev–Trinajstić information content (AvgIpc) is 2.80. The fourth-order valence-corrected chi connectivity index (χ4v) is 1.63. The molecule has 7 heteroatoms. The van der Waals surface area contributed by atoms with Gasteiger partial charge in [0.2, 0.25) is 5.91 Å². The second kappa shape index (κ2) is 8.31. The Morgan fingerprint density at radius 3 is 2.85 bits per heavy atom. The smallest absolute Gasteiger partial charge is 0.326 e. The number of amides is 1. The van der Waals surface area contributed by atoms with Crippen molar-refractivity contribution in [1.82, 2.24) is 10.5 Å². The topological polar surface area (TPSA) is 102 Å². The first-order chi connectivity index (χ1) is 9.52. The molecule has 1 aromatic rings. The minimum absolute atomic E-state index is 0.126. The highest BCUT2D eigenvalue weighted by atomic mass is 16.5. The van der Waals surface area contributed by atoms with Gasteiger partial charge < -0.3 is 19.7 Å². The first-order valence-corrected chi connectivity index (χ1v) is 6.55. The zero-order chi connectivity index (χ0) is 15.0. The number of unbranched alkanes of at least 4 members (excludes halogenated alkanes) is 1. The summed E-state index contributed by atoms with van der Waals surface area (Å²) in [5.74, 6) is -0.960. The zero-order valence-corrected chi connectivity index (χ0v) is 11.7. The van der Waals surface area contributed by atoms with Crippen LogP contribution in [0.3, 0.4) is 0 Å². The Balaban J connectivity index is 2.28. The van der Waals surface area contributed by atoms with Crippen molar-refractivity contribution in [1.29, 1.82) is 0 Å². The van der Waals surface area contributed by atoms with Crippen molar-refractivity contribution in [3.05, 3.63) is 17.5 Å². The van der Waals surface area contributed by atoms with Crippen LogP contribution < -0.4 is 5.32 Å². The average molecular weight is 284 g/mol. The lowest BCUT2D eigenvalue weighted by atomic mass is 10.1. The maximum Gasteiger partial charge on any atom is 0.326 e. The van der Waals surface area contributed by atoms with Crippen LogP contribution in [0.25, 0.3) is 0 Å². The summed E-state index contributed by atoms with van der Waals surface area (Å²) in [5, 5.41) is 15.1. The predicted molar refractivity (Wildman–Crippen MR) is 70.0 cm³/mol. The molecule has 0 bridgehead atoms. The molecule has 1 amide bonds. The van der Waals surface area contributed by atoms with Crippen molar-refractivity contribution in [2.24, 2.45) is 0 Å². The Labute approximate surface area is 117 Å². The minimum Gasteiger partial charge on any atom is -0.480 e. The number of carboxylic acids is 1. The molecule has 1 unspecified atom stereocenters. The molecule has 0 saturated carbocycles. The number of rotatable bonds is 9. The van der Waals surface area contributed by atoms with Gasteiger partial charge >= 0.3 is 5.97 Å². The fraction of sp³-hybridized carbons (Fsp3) is 0.615. The van der Waals surface area contributed by atoms with Crippen molar-refractivity contribution in [2.45, 2.75) is 45.8 Å². The maximum absolute atomic E-state index is 11.6. The van der Waals surface area contributed by atoms with Crippen molar-refractivity contribution in [3.63, 3.8) is 0 Å². The predicted octanol–water partition coefficient (Wildman–Crippen LogP) is 1.26. The van der Waals surface area contributed by atoms with Gasteiger partial charge in [0.1, 0.15) is 19.3 Å². The number of carbonyl (C=O) groups excluding carboxylic acids is 1. The van der Waals surface area contributed by atoms with Crippen LogP contribution in [0.1, 0.15) is 37.6 Å². The summed E-state index contributed by atoms with van der Waals surface area (Å²) in [6, 6.07) is 0.845. The zero-order valence-electron chi connectivity index (χ0n) is 11.7. The third-order valence-electron chi connectivity index (χ3n) is 2.63. The highest BCUT2D eigenvalue weighted by molar-refractivity contribution is 5.84. The van der Waals surface area contributed by atoms with E-state index in [1.54, 1.807) is 13.0 Å². The van der Waals surface area contributed by atoms with Crippen LogP contribution in [0.15, 0.2) is 10.6 Å². The van der Waals surface area contributed by atoms with Crippen LogP contribution in [-0.4, -0.2) is 34.8 Å². The molecule has 2 N–H and O–H groups in total. The molecule has 0 radical (unpaired) electrons. The summed E-state index contributed by atoms with van der Waals surface area (Å²) in [7, 11) is 0. The molecule has 20 heavy (non-hydrogen) atoms. The van der Waals surface area contributed by atoms with Gasteiger partial charge in [-0.1, -0.05) is 24.9 Å². The van der Waals surface area contributed by atoms with Gasteiger partial charge in [-0.25, -0.2) is 4.79 Å². The van der Waals surface area contributed by atoms with Crippen molar-refractivity contribution < 1.29 is 24.0 Å². The first kappa shape index (κ1) is 16.2. The van der Waals surface area contributed by atoms with Gasteiger partial charge in [-0.15, -0.1) is 0 Å². The molecule has 0 saturated heterocycles. The molecular formula is C13H20N2O5. The van der Waals surface area contributed by atoms with Gasteiger partial charge in [0, 0.05) is 6.07 Å². The monoisotopic (exact) mass is 284 g/mol. The molecule has 1 aromatic heterocycles. The maximum atomic E-state index is 11.6. The summed E-state index contributed by atoms with van der Waals surface area (Å²) < 4.78 is 10.1. The SMILES string of the molecule is CCCCC(NC(=O)COCc1cc(C)no1)C(=O)O. The summed E-state index contributed by atoms with van der Waals surface area (Å²) >= 11 is 0. The Kier molecular flexibility index (Phi) is 6.72. The Morgan fingerprint density at radius 1 is 1.55 bits per heavy atom. The molecule has 0 aliphatic heterocycles. The summed E-state index contributed by atoms with van der Waals surface area (Å²) in [5.41, 5.74) is 0.735. The quantitative estimate of drug-likeness (QED) is 0.707. The molecule has 0 fully saturated rings. The summed E-state index contributed by atoms with van der Waals surface area (Å²) in [4.78, 5) is 22.5. The van der Waals surface area contributed by atoms with Crippen molar-refractivity contribution in [3.8, 4) is 0 Å². The van der Waals surface area contributed by atoms with Crippen LogP contribution >= 0.6 is 0 Å². The molecule has 1 atom stereocenters. The van der Waals surface area contributed by atoms with Gasteiger partial charge in [-0.3, -0.25) is 4.79 Å². The van der Waals surface area contributed by atoms with Crippen LogP contribution in [0.5, 0.6) is 0 Å². The molecule has 0 aliphatic carbocycles. The van der Waals surface area contributed by atoms with Crippen LogP contribution in [0, 0.1) is 6.92 Å². The number of ether oxygens (including phenoxy) is 1. The van der Waals surface area contributed by atoms with Gasteiger partial charge in [0.05, 0.1) is 5.69 Å². The van der Waals surface area contributed by atoms with Gasteiger partial charge in [-0.2, -0.15) is 0 Å². The normalized spacial score (nSPS) is 12.1. The second-order valence-electron chi connectivity index (χ2n) is 4.53. The van der Waals surface area contributed by atoms with E-state index in [9.17, 15) is 9.59 Å². The molecule has 0 spiro atoms. The number of carboxylic acid groups (broad SMARTS) is 1. The van der Waals surface area contributed by atoms with Crippen LogP contribution in [0.2, 0.25) is 0 Å². The molecule has 0 aromatic carbocycles. The van der Waals surface area contributed by atoms with E-state index in [2.05, 4.69) is 10.5 Å². The molecule has 112 valence electrons. The first-order valence-electron chi connectivity index (χ1n) is 6.55. The molecule has 0 aliphatic rings.